The molecule has 8 heteroatoms. The Morgan fingerprint density at radius 1 is 1.04 bits per heavy atom. The molecule has 1 N–H and O–H groups in total. The lowest BCUT2D eigenvalue weighted by molar-refractivity contribution is 0.270. The minimum absolute atomic E-state index is 0.0720. The Balaban J connectivity index is 1.53. The van der Waals surface area contributed by atoms with Crippen LogP contribution in [0.1, 0.15) is 18.1 Å². The van der Waals surface area contributed by atoms with Crippen LogP contribution in [0.2, 0.25) is 5.02 Å². The summed E-state index contributed by atoms with van der Waals surface area (Å²) in [5.74, 6) is 0.871. The molecule has 1 aliphatic rings. The van der Waals surface area contributed by atoms with Gasteiger partial charge in [-0.1, -0.05) is 36.7 Å². The fourth-order valence-corrected chi connectivity index (χ4v) is 4.29. The molecule has 3 rings (SSSR count). The Kier molecular flexibility index (Phi) is 6.70. The first-order valence-electron chi connectivity index (χ1n) is 9.09. The fraction of sp³-hybridized carbons (Fsp3) is 0.421. The topological polar surface area (TPSA) is 65.5 Å². The molecule has 0 atom stereocenters. The molecule has 27 heavy (non-hydrogen) atoms. The maximum Gasteiger partial charge on any atom is 0.216 e. The van der Waals surface area contributed by atoms with Crippen molar-refractivity contribution in [1.82, 2.24) is 14.6 Å². The third kappa shape index (κ3) is 5.90. The molecule has 2 aromatic rings. The number of piperazine rings is 1. The first kappa shape index (κ1) is 20.1. The molecule has 1 fully saturated rings. The van der Waals surface area contributed by atoms with E-state index in [2.05, 4.69) is 26.4 Å². The lowest BCUT2D eigenvalue weighted by atomic mass is 10.2. The van der Waals surface area contributed by atoms with Crippen molar-refractivity contribution in [3.05, 3.63) is 58.7 Å². The Hall–Kier alpha value is -1.67. The SMILES string of the molecule is CCN1CCN(c2ccc(CNS(=O)(=O)Cc3ccc(Cl)cc3)cn2)CC1. The monoisotopic (exact) mass is 408 g/mol. The van der Waals surface area contributed by atoms with E-state index in [1.165, 1.54) is 0 Å². The average molecular weight is 409 g/mol. The van der Waals surface area contributed by atoms with Crippen LogP contribution in [0.25, 0.3) is 0 Å². The highest BCUT2D eigenvalue weighted by atomic mass is 35.5. The summed E-state index contributed by atoms with van der Waals surface area (Å²) in [6.45, 7) is 7.51. The molecule has 1 aromatic heterocycles. The van der Waals surface area contributed by atoms with Crippen LogP contribution in [0.4, 0.5) is 5.82 Å². The lowest BCUT2D eigenvalue weighted by Crippen LogP contribution is -2.46. The number of sulfonamides is 1. The normalized spacial score (nSPS) is 15.9. The van der Waals surface area contributed by atoms with Gasteiger partial charge in [0.25, 0.3) is 0 Å². The van der Waals surface area contributed by atoms with Gasteiger partial charge in [-0.2, -0.15) is 0 Å². The van der Waals surface area contributed by atoms with Gasteiger partial charge in [-0.3, -0.25) is 0 Å². The third-order valence-corrected chi connectivity index (χ3v) is 6.27. The smallest absolute Gasteiger partial charge is 0.216 e. The summed E-state index contributed by atoms with van der Waals surface area (Å²) < 4.78 is 27.1. The maximum absolute atomic E-state index is 12.3. The van der Waals surface area contributed by atoms with E-state index in [9.17, 15) is 8.42 Å². The lowest BCUT2D eigenvalue weighted by Gasteiger charge is -2.34. The van der Waals surface area contributed by atoms with Crippen LogP contribution in [0, 0.1) is 0 Å². The summed E-state index contributed by atoms with van der Waals surface area (Å²) in [5, 5.41) is 0.589. The van der Waals surface area contributed by atoms with Gasteiger partial charge in [0.05, 0.1) is 5.75 Å². The van der Waals surface area contributed by atoms with Gasteiger partial charge in [-0.05, 0) is 35.9 Å². The summed E-state index contributed by atoms with van der Waals surface area (Å²) in [6, 6.07) is 10.7. The molecule has 1 saturated heterocycles. The highest BCUT2D eigenvalue weighted by Crippen LogP contribution is 2.15. The van der Waals surface area contributed by atoms with Gasteiger partial charge in [-0.25, -0.2) is 18.1 Å². The molecule has 0 saturated carbocycles. The third-order valence-electron chi connectivity index (χ3n) is 4.72. The first-order valence-corrected chi connectivity index (χ1v) is 11.1. The zero-order chi connectivity index (χ0) is 19.3. The second-order valence-electron chi connectivity index (χ2n) is 6.65. The molecule has 146 valence electrons. The van der Waals surface area contributed by atoms with E-state index in [1.807, 2.05) is 12.1 Å². The van der Waals surface area contributed by atoms with E-state index in [0.717, 1.165) is 44.1 Å². The van der Waals surface area contributed by atoms with Crippen molar-refractivity contribution in [1.29, 1.82) is 0 Å². The first-order chi connectivity index (χ1) is 12.9. The van der Waals surface area contributed by atoms with Gasteiger partial charge in [0, 0.05) is 43.9 Å². The van der Waals surface area contributed by atoms with Gasteiger partial charge in [0.2, 0.25) is 10.0 Å². The van der Waals surface area contributed by atoms with Crippen LogP contribution in [-0.2, 0) is 22.3 Å². The number of pyridine rings is 1. The van der Waals surface area contributed by atoms with Crippen LogP contribution in [-0.4, -0.2) is 51.0 Å². The van der Waals surface area contributed by atoms with Crippen LogP contribution in [0.5, 0.6) is 0 Å². The molecule has 0 spiro atoms. The predicted molar refractivity (Wildman–Crippen MR) is 109 cm³/mol. The summed E-state index contributed by atoms with van der Waals surface area (Å²) >= 11 is 5.83. The molecule has 1 aromatic carbocycles. The van der Waals surface area contributed by atoms with Gasteiger partial charge < -0.3 is 9.80 Å². The Morgan fingerprint density at radius 3 is 2.30 bits per heavy atom. The predicted octanol–water partition coefficient (Wildman–Crippen LogP) is 2.50. The largest absolute Gasteiger partial charge is 0.354 e. The molecule has 0 amide bonds. The van der Waals surface area contributed by atoms with E-state index in [-0.39, 0.29) is 12.3 Å². The van der Waals surface area contributed by atoms with Crippen molar-refractivity contribution in [2.24, 2.45) is 0 Å². The number of anilines is 1. The second kappa shape index (κ2) is 9.01. The highest BCUT2D eigenvalue weighted by Gasteiger charge is 2.17. The van der Waals surface area contributed by atoms with E-state index in [0.29, 0.717) is 10.6 Å². The molecule has 1 aliphatic heterocycles. The molecule has 0 radical (unpaired) electrons. The van der Waals surface area contributed by atoms with Crippen LogP contribution in [0.3, 0.4) is 0 Å². The number of benzene rings is 1. The number of likely N-dealkylation sites (N-methyl/N-ethyl adjacent to an activating group) is 1. The van der Waals surface area contributed by atoms with Crippen molar-refractivity contribution in [2.75, 3.05) is 37.6 Å². The Bertz CT molecular complexity index is 833. The van der Waals surface area contributed by atoms with Crippen LogP contribution in [0.15, 0.2) is 42.6 Å². The quantitative estimate of drug-likeness (QED) is 0.762. The Labute approximate surface area is 166 Å². The number of nitrogens with one attached hydrogen (secondary N) is 1. The molecular weight excluding hydrogens is 384 g/mol. The van der Waals surface area contributed by atoms with E-state index < -0.39 is 10.0 Å². The standard InChI is InChI=1S/C19H25ClN4O2S/c1-2-23-9-11-24(12-10-23)19-8-5-17(13-21-19)14-22-27(25,26)15-16-3-6-18(20)7-4-16/h3-8,13,22H,2,9-12,14-15H2,1H3. The van der Waals surface area contributed by atoms with Crippen molar-refractivity contribution in [3.63, 3.8) is 0 Å². The number of hydrogen-bond acceptors (Lipinski definition) is 5. The van der Waals surface area contributed by atoms with Crippen molar-refractivity contribution in [2.45, 2.75) is 19.2 Å². The number of rotatable bonds is 7. The van der Waals surface area contributed by atoms with E-state index in [4.69, 9.17) is 11.6 Å². The molecule has 2 heterocycles. The zero-order valence-electron chi connectivity index (χ0n) is 15.4. The average Bonchev–Trinajstić information content (AvgIpc) is 2.69. The molecule has 0 unspecified atom stereocenters. The number of halogens is 1. The molecule has 6 nitrogen and oxygen atoms in total. The van der Waals surface area contributed by atoms with Gasteiger partial charge in [0.15, 0.2) is 0 Å². The van der Waals surface area contributed by atoms with Crippen LogP contribution < -0.4 is 9.62 Å². The maximum atomic E-state index is 12.3. The van der Waals surface area contributed by atoms with E-state index in [1.54, 1.807) is 30.5 Å². The van der Waals surface area contributed by atoms with Crippen molar-refractivity contribution < 1.29 is 8.42 Å². The highest BCUT2D eigenvalue weighted by molar-refractivity contribution is 7.88. The minimum atomic E-state index is -3.42. The Morgan fingerprint density at radius 2 is 1.70 bits per heavy atom. The number of aromatic nitrogens is 1. The zero-order valence-corrected chi connectivity index (χ0v) is 17.0. The summed E-state index contributed by atoms with van der Waals surface area (Å²) in [7, 11) is -3.42. The number of nitrogens with zero attached hydrogens (tertiary/aromatic N) is 3. The van der Waals surface area contributed by atoms with E-state index >= 15 is 0 Å². The second-order valence-corrected chi connectivity index (χ2v) is 8.90. The van der Waals surface area contributed by atoms with Crippen molar-refractivity contribution in [3.8, 4) is 0 Å². The summed E-state index contributed by atoms with van der Waals surface area (Å²) in [4.78, 5) is 9.19. The molecular formula is C19H25ClN4O2S. The van der Waals surface area contributed by atoms with Crippen molar-refractivity contribution >= 4 is 27.4 Å². The number of hydrogen-bond donors (Lipinski definition) is 1. The molecule has 0 aliphatic carbocycles. The van der Waals surface area contributed by atoms with Gasteiger partial charge in [-0.15, -0.1) is 0 Å². The summed E-state index contributed by atoms with van der Waals surface area (Å²) in [5.41, 5.74) is 1.54. The van der Waals surface area contributed by atoms with Crippen LogP contribution >= 0.6 is 11.6 Å². The summed E-state index contributed by atoms with van der Waals surface area (Å²) in [6.07, 6.45) is 1.74. The van der Waals surface area contributed by atoms with Gasteiger partial charge in [0.1, 0.15) is 5.82 Å². The van der Waals surface area contributed by atoms with Gasteiger partial charge >= 0.3 is 0 Å². The molecule has 0 bridgehead atoms. The minimum Gasteiger partial charge on any atom is -0.354 e. The fourth-order valence-electron chi connectivity index (χ4n) is 3.05.